The van der Waals surface area contributed by atoms with Gasteiger partial charge < -0.3 is 19.6 Å². The summed E-state index contributed by atoms with van der Waals surface area (Å²) in [5.41, 5.74) is 3.70. The number of piperazine rings is 1. The SMILES string of the molecule is CCN1CCN(c2ccc(NC(=O)CCc3nc(-c4ccc(F)cc4)no3)c(C)c2)CC1. The van der Waals surface area contributed by atoms with Gasteiger partial charge in [0.25, 0.3) is 0 Å². The van der Waals surface area contributed by atoms with E-state index in [-0.39, 0.29) is 18.1 Å². The number of aryl methyl sites for hydroxylation is 2. The molecule has 0 atom stereocenters. The first-order chi connectivity index (χ1) is 15.5. The van der Waals surface area contributed by atoms with Crippen molar-refractivity contribution in [3.05, 3.63) is 59.7 Å². The van der Waals surface area contributed by atoms with E-state index in [1.807, 2.05) is 13.0 Å². The van der Waals surface area contributed by atoms with Crippen LogP contribution in [0.15, 0.2) is 47.0 Å². The number of hydrogen-bond donors (Lipinski definition) is 1. The predicted octanol–water partition coefficient (Wildman–Crippen LogP) is 3.90. The molecular weight excluding hydrogens is 409 g/mol. The fourth-order valence-corrected chi connectivity index (χ4v) is 3.81. The Hall–Kier alpha value is -3.26. The van der Waals surface area contributed by atoms with E-state index >= 15 is 0 Å². The lowest BCUT2D eigenvalue weighted by Crippen LogP contribution is -2.46. The first-order valence-corrected chi connectivity index (χ1v) is 11.0. The Morgan fingerprint density at radius 1 is 1.12 bits per heavy atom. The molecule has 7 nitrogen and oxygen atoms in total. The summed E-state index contributed by atoms with van der Waals surface area (Å²) in [6.07, 6.45) is 0.560. The van der Waals surface area contributed by atoms with Gasteiger partial charge >= 0.3 is 0 Å². The second-order valence-electron chi connectivity index (χ2n) is 7.99. The van der Waals surface area contributed by atoms with Crippen LogP contribution in [-0.4, -0.2) is 53.7 Å². The number of rotatable bonds is 7. The van der Waals surface area contributed by atoms with E-state index in [0.717, 1.165) is 44.0 Å². The molecule has 1 aliphatic heterocycles. The molecule has 0 aliphatic carbocycles. The molecule has 0 radical (unpaired) electrons. The molecule has 0 spiro atoms. The maximum atomic E-state index is 13.1. The number of halogens is 1. The number of carbonyl (C=O) groups is 1. The maximum absolute atomic E-state index is 13.1. The Bertz CT molecular complexity index is 1060. The summed E-state index contributed by atoms with van der Waals surface area (Å²) < 4.78 is 18.3. The Morgan fingerprint density at radius 2 is 1.88 bits per heavy atom. The van der Waals surface area contributed by atoms with E-state index in [9.17, 15) is 9.18 Å². The van der Waals surface area contributed by atoms with Gasteiger partial charge in [-0.25, -0.2) is 4.39 Å². The van der Waals surface area contributed by atoms with Gasteiger partial charge in [0.1, 0.15) is 5.82 Å². The summed E-state index contributed by atoms with van der Waals surface area (Å²) in [5.74, 6) is 0.319. The standard InChI is InChI=1S/C24H28FN5O2/c1-3-29-12-14-30(15-13-29)20-8-9-21(17(2)16-20)26-22(31)10-11-23-27-24(28-32-23)18-4-6-19(25)7-5-18/h4-9,16H,3,10-15H2,1-2H3,(H,26,31). The summed E-state index contributed by atoms with van der Waals surface area (Å²) in [4.78, 5) is 21.6. The van der Waals surface area contributed by atoms with Gasteiger partial charge in [0.15, 0.2) is 0 Å². The number of nitrogens with zero attached hydrogens (tertiary/aromatic N) is 4. The van der Waals surface area contributed by atoms with Crippen molar-refractivity contribution in [2.45, 2.75) is 26.7 Å². The molecule has 1 fully saturated rings. The van der Waals surface area contributed by atoms with Crippen LogP contribution < -0.4 is 10.2 Å². The zero-order chi connectivity index (χ0) is 22.5. The average Bonchev–Trinajstić information content (AvgIpc) is 3.29. The molecule has 0 bridgehead atoms. The highest BCUT2D eigenvalue weighted by Crippen LogP contribution is 2.24. The van der Waals surface area contributed by atoms with E-state index in [0.29, 0.717) is 23.7 Å². The van der Waals surface area contributed by atoms with Gasteiger partial charge in [-0.3, -0.25) is 4.79 Å². The van der Waals surface area contributed by atoms with E-state index in [1.165, 1.54) is 17.8 Å². The van der Waals surface area contributed by atoms with Crippen molar-refractivity contribution < 1.29 is 13.7 Å². The summed E-state index contributed by atoms with van der Waals surface area (Å²) in [5, 5.41) is 6.88. The monoisotopic (exact) mass is 437 g/mol. The highest BCUT2D eigenvalue weighted by Gasteiger charge is 2.17. The maximum Gasteiger partial charge on any atom is 0.227 e. The fourth-order valence-electron chi connectivity index (χ4n) is 3.81. The number of aromatic nitrogens is 2. The molecule has 3 aromatic rings. The average molecular weight is 438 g/mol. The van der Waals surface area contributed by atoms with Gasteiger partial charge in [-0.15, -0.1) is 0 Å². The van der Waals surface area contributed by atoms with Crippen molar-refractivity contribution in [3.8, 4) is 11.4 Å². The minimum Gasteiger partial charge on any atom is -0.369 e. The van der Waals surface area contributed by atoms with E-state index in [1.54, 1.807) is 12.1 Å². The van der Waals surface area contributed by atoms with Crippen LogP contribution in [0.3, 0.4) is 0 Å². The molecule has 1 amide bonds. The van der Waals surface area contributed by atoms with E-state index in [2.05, 4.69) is 44.3 Å². The molecule has 1 N–H and O–H groups in total. The second-order valence-corrected chi connectivity index (χ2v) is 7.99. The summed E-state index contributed by atoms with van der Waals surface area (Å²) in [7, 11) is 0. The van der Waals surface area contributed by atoms with Gasteiger partial charge in [-0.05, 0) is 61.5 Å². The molecule has 2 heterocycles. The molecule has 32 heavy (non-hydrogen) atoms. The lowest BCUT2D eigenvalue weighted by molar-refractivity contribution is -0.116. The number of nitrogens with one attached hydrogen (secondary N) is 1. The summed E-state index contributed by atoms with van der Waals surface area (Å²) in [6.45, 7) is 9.48. The van der Waals surface area contributed by atoms with Gasteiger partial charge in [0, 0.05) is 56.0 Å². The normalized spacial score (nSPS) is 14.5. The van der Waals surface area contributed by atoms with Crippen LogP contribution >= 0.6 is 0 Å². The first kappa shape index (κ1) is 22.0. The summed E-state index contributed by atoms with van der Waals surface area (Å²) >= 11 is 0. The Kier molecular flexibility index (Phi) is 6.80. The molecule has 0 unspecified atom stereocenters. The number of benzene rings is 2. The smallest absolute Gasteiger partial charge is 0.227 e. The topological polar surface area (TPSA) is 74.5 Å². The van der Waals surface area contributed by atoms with Crippen LogP contribution in [-0.2, 0) is 11.2 Å². The highest BCUT2D eigenvalue weighted by atomic mass is 19.1. The Labute approximate surface area is 187 Å². The highest BCUT2D eigenvalue weighted by molar-refractivity contribution is 5.91. The fraction of sp³-hybridized carbons (Fsp3) is 0.375. The Morgan fingerprint density at radius 3 is 2.56 bits per heavy atom. The van der Waals surface area contributed by atoms with Gasteiger partial charge in [-0.2, -0.15) is 4.98 Å². The quantitative estimate of drug-likeness (QED) is 0.604. The number of hydrogen-bond acceptors (Lipinski definition) is 6. The third-order valence-electron chi connectivity index (χ3n) is 5.81. The second kappa shape index (κ2) is 9.91. The third kappa shape index (κ3) is 5.31. The minimum atomic E-state index is -0.323. The van der Waals surface area contributed by atoms with Crippen molar-refractivity contribution >= 4 is 17.3 Å². The van der Waals surface area contributed by atoms with Crippen LogP contribution in [0.2, 0.25) is 0 Å². The Balaban J connectivity index is 1.30. The number of amides is 1. The minimum absolute atomic E-state index is 0.112. The molecule has 1 saturated heterocycles. The van der Waals surface area contributed by atoms with E-state index in [4.69, 9.17) is 4.52 Å². The number of likely N-dealkylation sites (N-methyl/N-ethyl adjacent to an activating group) is 1. The number of anilines is 2. The third-order valence-corrected chi connectivity index (χ3v) is 5.81. The lowest BCUT2D eigenvalue weighted by atomic mass is 10.1. The predicted molar refractivity (Wildman–Crippen MR) is 122 cm³/mol. The van der Waals surface area contributed by atoms with Crippen molar-refractivity contribution in [2.75, 3.05) is 42.9 Å². The van der Waals surface area contributed by atoms with Gasteiger partial charge in [0.2, 0.25) is 17.6 Å². The molecule has 1 aliphatic rings. The van der Waals surface area contributed by atoms with Crippen molar-refractivity contribution in [3.63, 3.8) is 0 Å². The van der Waals surface area contributed by atoms with Gasteiger partial charge in [0.05, 0.1) is 0 Å². The van der Waals surface area contributed by atoms with Crippen molar-refractivity contribution in [1.29, 1.82) is 0 Å². The van der Waals surface area contributed by atoms with Crippen molar-refractivity contribution in [1.82, 2.24) is 15.0 Å². The lowest BCUT2D eigenvalue weighted by Gasteiger charge is -2.35. The first-order valence-electron chi connectivity index (χ1n) is 11.0. The van der Waals surface area contributed by atoms with Crippen LogP contribution in [0.5, 0.6) is 0 Å². The summed E-state index contributed by atoms with van der Waals surface area (Å²) in [6, 6.07) is 12.0. The van der Waals surface area contributed by atoms with Crippen molar-refractivity contribution in [2.24, 2.45) is 0 Å². The molecule has 4 rings (SSSR count). The molecule has 168 valence electrons. The van der Waals surface area contributed by atoms with Crippen LogP contribution in [0.1, 0.15) is 24.8 Å². The zero-order valence-electron chi connectivity index (χ0n) is 18.5. The van der Waals surface area contributed by atoms with Crippen LogP contribution in [0, 0.1) is 12.7 Å². The molecular formula is C24H28FN5O2. The molecule has 2 aromatic carbocycles. The molecule has 8 heteroatoms. The largest absolute Gasteiger partial charge is 0.369 e. The molecule has 1 aromatic heterocycles. The van der Waals surface area contributed by atoms with Gasteiger partial charge in [-0.1, -0.05) is 12.1 Å². The van der Waals surface area contributed by atoms with Crippen LogP contribution in [0.4, 0.5) is 15.8 Å². The zero-order valence-corrected chi connectivity index (χ0v) is 18.5. The van der Waals surface area contributed by atoms with E-state index < -0.39 is 0 Å². The number of carbonyl (C=O) groups excluding carboxylic acids is 1. The van der Waals surface area contributed by atoms with Crippen LogP contribution in [0.25, 0.3) is 11.4 Å². The molecule has 0 saturated carbocycles.